The molecular formula is C26H33FN4O3. The van der Waals surface area contributed by atoms with Crippen molar-refractivity contribution in [3.05, 3.63) is 54.3 Å². The molecule has 0 unspecified atom stereocenters. The molecule has 2 aromatic carbocycles. The molecule has 0 aliphatic heterocycles. The Balaban J connectivity index is 1.72. The molecule has 8 heteroatoms. The van der Waals surface area contributed by atoms with Crippen LogP contribution in [-0.2, 0) is 9.53 Å². The zero-order valence-corrected chi connectivity index (χ0v) is 19.9. The molecule has 0 fully saturated rings. The van der Waals surface area contributed by atoms with Crippen molar-refractivity contribution in [3.63, 3.8) is 0 Å². The van der Waals surface area contributed by atoms with Crippen LogP contribution in [0.1, 0.15) is 52.4 Å². The minimum atomic E-state index is -0.403. The third-order valence-electron chi connectivity index (χ3n) is 5.27. The van der Waals surface area contributed by atoms with Crippen LogP contribution in [0, 0.1) is 5.82 Å². The first-order chi connectivity index (χ1) is 16.6. The molecule has 0 saturated heterocycles. The summed E-state index contributed by atoms with van der Waals surface area (Å²) in [6.07, 6.45) is 6.02. The second-order valence-electron chi connectivity index (χ2n) is 7.91. The van der Waals surface area contributed by atoms with Crippen molar-refractivity contribution < 1.29 is 18.7 Å². The second kappa shape index (κ2) is 13.4. The maximum Gasteiger partial charge on any atom is 0.336 e. The van der Waals surface area contributed by atoms with E-state index in [1.54, 1.807) is 42.5 Å². The smallest absolute Gasteiger partial charge is 0.336 e. The van der Waals surface area contributed by atoms with Crippen molar-refractivity contribution in [3.8, 4) is 23.1 Å². The normalized spacial score (nSPS) is 10.9. The van der Waals surface area contributed by atoms with Gasteiger partial charge in [-0.3, -0.25) is 4.79 Å². The fourth-order valence-corrected chi connectivity index (χ4v) is 3.49. The third-order valence-corrected chi connectivity index (χ3v) is 5.27. The van der Waals surface area contributed by atoms with E-state index >= 15 is 0 Å². The topological polar surface area (TPSA) is 78.3 Å². The lowest BCUT2D eigenvalue weighted by Gasteiger charge is -2.09. The maximum absolute atomic E-state index is 14.5. The molecular weight excluding hydrogens is 435 g/mol. The highest BCUT2D eigenvalue weighted by molar-refractivity contribution is 5.90. The average molecular weight is 469 g/mol. The molecule has 0 radical (unpaired) electrons. The van der Waals surface area contributed by atoms with Gasteiger partial charge in [0.15, 0.2) is 5.82 Å². The zero-order chi connectivity index (χ0) is 24.2. The Labute approximate surface area is 200 Å². The first-order valence-electron chi connectivity index (χ1n) is 11.9. The van der Waals surface area contributed by atoms with Crippen LogP contribution < -0.4 is 10.1 Å². The monoisotopic (exact) mass is 468 g/mol. The molecule has 1 amide bonds. The van der Waals surface area contributed by atoms with Crippen LogP contribution in [0.3, 0.4) is 0 Å². The lowest BCUT2D eigenvalue weighted by molar-refractivity contribution is -0.116. The van der Waals surface area contributed by atoms with Gasteiger partial charge in [-0.15, -0.1) is 5.10 Å². The zero-order valence-electron chi connectivity index (χ0n) is 19.9. The van der Waals surface area contributed by atoms with E-state index in [0.29, 0.717) is 42.4 Å². The molecule has 182 valence electrons. The van der Waals surface area contributed by atoms with Crippen molar-refractivity contribution in [2.45, 2.75) is 52.4 Å². The number of carbonyl (C=O) groups excluding carboxylic acids is 1. The molecule has 0 bridgehead atoms. The van der Waals surface area contributed by atoms with Gasteiger partial charge in [-0.05, 0) is 49.7 Å². The molecule has 0 spiro atoms. The van der Waals surface area contributed by atoms with Crippen LogP contribution in [0.4, 0.5) is 10.1 Å². The number of unbranched alkanes of at least 4 members (excludes halogenated alkanes) is 4. The van der Waals surface area contributed by atoms with Crippen molar-refractivity contribution >= 4 is 11.6 Å². The van der Waals surface area contributed by atoms with Crippen molar-refractivity contribution in [2.24, 2.45) is 0 Å². The Bertz CT molecular complexity index is 1040. The van der Waals surface area contributed by atoms with E-state index in [-0.39, 0.29) is 18.5 Å². The summed E-state index contributed by atoms with van der Waals surface area (Å²) in [7, 11) is 0. The maximum atomic E-state index is 14.5. The van der Waals surface area contributed by atoms with Gasteiger partial charge in [-0.2, -0.15) is 4.98 Å². The first-order valence-corrected chi connectivity index (χ1v) is 11.9. The minimum Gasteiger partial charge on any atom is -0.460 e. The number of rotatable bonds is 14. The Morgan fingerprint density at radius 1 is 1.00 bits per heavy atom. The van der Waals surface area contributed by atoms with Crippen molar-refractivity contribution in [2.75, 3.05) is 25.1 Å². The van der Waals surface area contributed by atoms with Crippen molar-refractivity contribution in [1.29, 1.82) is 0 Å². The van der Waals surface area contributed by atoms with Gasteiger partial charge >= 0.3 is 6.01 Å². The van der Waals surface area contributed by atoms with Crippen LogP contribution in [0.5, 0.6) is 6.01 Å². The molecule has 7 nitrogen and oxygen atoms in total. The molecule has 1 aromatic heterocycles. The van der Waals surface area contributed by atoms with E-state index < -0.39 is 5.82 Å². The number of halogens is 1. The predicted molar refractivity (Wildman–Crippen MR) is 131 cm³/mol. The van der Waals surface area contributed by atoms with E-state index in [4.69, 9.17) is 9.47 Å². The van der Waals surface area contributed by atoms with E-state index in [9.17, 15) is 9.18 Å². The third kappa shape index (κ3) is 7.38. The van der Waals surface area contributed by atoms with Crippen LogP contribution >= 0.6 is 0 Å². The van der Waals surface area contributed by atoms with Gasteiger partial charge in [0.1, 0.15) is 12.4 Å². The quantitative estimate of drug-likeness (QED) is 0.303. The number of nitrogens with zero attached hydrogens (tertiary/aromatic N) is 3. The fourth-order valence-electron chi connectivity index (χ4n) is 3.49. The molecule has 0 saturated carbocycles. The summed E-state index contributed by atoms with van der Waals surface area (Å²) < 4.78 is 26.9. The number of carbonyl (C=O) groups is 1. The van der Waals surface area contributed by atoms with Gasteiger partial charge in [0, 0.05) is 18.7 Å². The van der Waals surface area contributed by atoms with Gasteiger partial charge in [0.05, 0.1) is 17.9 Å². The molecule has 0 aliphatic rings. The molecule has 0 atom stereocenters. The van der Waals surface area contributed by atoms with Gasteiger partial charge in [0.2, 0.25) is 5.91 Å². The number of amides is 1. The second-order valence-corrected chi connectivity index (χ2v) is 7.91. The number of hydrogen-bond acceptors (Lipinski definition) is 5. The summed E-state index contributed by atoms with van der Waals surface area (Å²) in [5.41, 5.74) is 1.68. The molecule has 3 aromatic rings. The minimum absolute atomic E-state index is 0.00188. The number of ether oxygens (including phenoxy) is 2. The standard InChI is InChI=1S/C26H33FN4O3/c1-3-5-6-7-8-13-24(32)28-20-14-16-21(17-15-20)31-25(22-11-9-10-12-23(22)27)29-26(30-31)34-19-18-33-4-2/h9-12,14-17H,3-8,13,18-19H2,1-2H3,(H,28,32). The first kappa shape index (κ1) is 25.4. The molecule has 3 rings (SSSR count). The lowest BCUT2D eigenvalue weighted by atomic mass is 10.1. The van der Waals surface area contributed by atoms with E-state index in [2.05, 4.69) is 22.3 Å². The van der Waals surface area contributed by atoms with Crippen LogP contribution in [0.2, 0.25) is 0 Å². The number of benzene rings is 2. The summed E-state index contributed by atoms with van der Waals surface area (Å²) in [5, 5.41) is 7.35. The largest absolute Gasteiger partial charge is 0.460 e. The van der Waals surface area contributed by atoms with Gasteiger partial charge in [-0.25, -0.2) is 9.07 Å². The van der Waals surface area contributed by atoms with Gasteiger partial charge < -0.3 is 14.8 Å². The Morgan fingerprint density at radius 2 is 1.76 bits per heavy atom. The Hall–Kier alpha value is -3.26. The van der Waals surface area contributed by atoms with Crippen LogP contribution in [-0.4, -0.2) is 40.5 Å². The highest BCUT2D eigenvalue weighted by atomic mass is 19.1. The summed E-state index contributed by atoms with van der Waals surface area (Å²) >= 11 is 0. The van der Waals surface area contributed by atoms with E-state index in [0.717, 1.165) is 19.3 Å². The highest BCUT2D eigenvalue weighted by Crippen LogP contribution is 2.26. The van der Waals surface area contributed by atoms with Crippen molar-refractivity contribution in [1.82, 2.24) is 14.8 Å². The average Bonchev–Trinajstić information content (AvgIpc) is 3.26. The summed E-state index contributed by atoms with van der Waals surface area (Å²) in [5.74, 6) is -0.0738. The number of anilines is 1. The van der Waals surface area contributed by atoms with Crippen LogP contribution in [0.15, 0.2) is 48.5 Å². The number of hydrogen-bond donors (Lipinski definition) is 1. The predicted octanol–water partition coefficient (Wildman–Crippen LogP) is 5.79. The molecule has 34 heavy (non-hydrogen) atoms. The highest BCUT2D eigenvalue weighted by Gasteiger charge is 2.17. The summed E-state index contributed by atoms with van der Waals surface area (Å²) in [6, 6.07) is 13.7. The summed E-state index contributed by atoms with van der Waals surface area (Å²) in [6.45, 7) is 5.37. The Morgan fingerprint density at radius 3 is 2.50 bits per heavy atom. The molecule has 1 N–H and O–H groups in total. The number of nitrogens with one attached hydrogen (secondary N) is 1. The number of aromatic nitrogens is 3. The molecule has 1 heterocycles. The molecule has 0 aliphatic carbocycles. The van der Waals surface area contributed by atoms with Crippen LogP contribution in [0.25, 0.3) is 17.1 Å². The fraction of sp³-hybridized carbons (Fsp3) is 0.423. The Kier molecular flexibility index (Phi) is 10.0. The SMILES string of the molecule is CCCCCCCC(=O)Nc1ccc(-n2nc(OCCOCC)nc2-c2ccccc2F)cc1. The summed E-state index contributed by atoms with van der Waals surface area (Å²) in [4.78, 5) is 16.6. The lowest BCUT2D eigenvalue weighted by Crippen LogP contribution is -2.11. The van der Waals surface area contributed by atoms with E-state index in [1.807, 2.05) is 6.92 Å². The van der Waals surface area contributed by atoms with Gasteiger partial charge in [-0.1, -0.05) is 44.7 Å². The van der Waals surface area contributed by atoms with Gasteiger partial charge in [0.25, 0.3) is 0 Å². The van der Waals surface area contributed by atoms with E-state index in [1.165, 1.54) is 23.6 Å².